The topological polar surface area (TPSA) is 41.1 Å². The van der Waals surface area contributed by atoms with E-state index in [2.05, 4.69) is 10.6 Å². The lowest BCUT2D eigenvalue weighted by atomic mass is 9.95. The summed E-state index contributed by atoms with van der Waals surface area (Å²) in [5.74, 6) is -0.243. The van der Waals surface area contributed by atoms with Crippen molar-refractivity contribution in [2.75, 3.05) is 5.32 Å². The van der Waals surface area contributed by atoms with Crippen LogP contribution in [-0.4, -0.2) is 18.0 Å². The molecule has 1 fully saturated rings. The maximum atomic E-state index is 13.0. The van der Waals surface area contributed by atoms with Crippen molar-refractivity contribution in [3.05, 3.63) is 29.6 Å². The standard InChI is InChI=1S/C16H23FN2O/c1-11-10-13(17)8-9-15(11)18-12(2)16(20)19-14-6-4-3-5-7-14/h8-10,12,14,18H,3-7H2,1-2H3,(H,19,20). The Bertz CT molecular complexity index is 470. The van der Waals surface area contributed by atoms with E-state index in [0.29, 0.717) is 6.04 Å². The van der Waals surface area contributed by atoms with Gasteiger partial charge in [-0.2, -0.15) is 0 Å². The van der Waals surface area contributed by atoms with Gasteiger partial charge in [-0.25, -0.2) is 4.39 Å². The van der Waals surface area contributed by atoms with E-state index in [4.69, 9.17) is 0 Å². The average molecular weight is 278 g/mol. The normalized spacial score (nSPS) is 17.6. The molecule has 1 aliphatic carbocycles. The first-order valence-electron chi connectivity index (χ1n) is 7.39. The van der Waals surface area contributed by atoms with Gasteiger partial charge in [0.05, 0.1) is 0 Å². The van der Waals surface area contributed by atoms with Crippen molar-refractivity contribution in [2.45, 2.75) is 58.0 Å². The third-order valence-corrected chi connectivity index (χ3v) is 3.91. The van der Waals surface area contributed by atoms with Gasteiger partial charge in [0.25, 0.3) is 0 Å². The summed E-state index contributed by atoms with van der Waals surface area (Å²) in [4.78, 5) is 12.1. The quantitative estimate of drug-likeness (QED) is 0.886. The van der Waals surface area contributed by atoms with Gasteiger partial charge in [0.1, 0.15) is 11.9 Å². The van der Waals surface area contributed by atoms with E-state index in [1.807, 2.05) is 13.8 Å². The van der Waals surface area contributed by atoms with E-state index >= 15 is 0 Å². The van der Waals surface area contributed by atoms with Gasteiger partial charge < -0.3 is 10.6 Å². The van der Waals surface area contributed by atoms with Gasteiger partial charge in [-0.3, -0.25) is 4.79 Å². The second-order valence-corrected chi connectivity index (χ2v) is 5.67. The van der Waals surface area contributed by atoms with Gasteiger partial charge in [0.2, 0.25) is 5.91 Å². The van der Waals surface area contributed by atoms with E-state index in [0.717, 1.165) is 24.1 Å². The number of amides is 1. The zero-order chi connectivity index (χ0) is 14.5. The monoisotopic (exact) mass is 278 g/mol. The molecule has 0 spiro atoms. The fourth-order valence-electron chi connectivity index (χ4n) is 2.66. The van der Waals surface area contributed by atoms with Crippen LogP contribution in [0.25, 0.3) is 0 Å². The molecule has 1 atom stereocenters. The zero-order valence-electron chi connectivity index (χ0n) is 12.2. The number of nitrogens with one attached hydrogen (secondary N) is 2. The molecule has 1 aromatic carbocycles. The zero-order valence-corrected chi connectivity index (χ0v) is 12.2. The summed E-state index contributed by atoms with van der Waals surface area (Å²) in [5.41, 5.74) is 1.61. The van der Waals surface area contributed by atoms with Crippen molar-refractivity contribution in [1.29, 1.82) is 0 Å². The summed E-state index contributed by atoms with van der Waals surface area (Å²) in [6.45, 7) is 3.66. The van der Waals surface area contributed by atoms with Gasteiger partial charge in [-0.1, -0.05) is 19.3 Å². The molecule has 0 aromatic heterocycles. The van der Waals surface area contributed by atoms with Crippen molar-refractivity contribution >= 4 is 11.6 Å². The van der Waals surface area contributed by atoms with Crippen LogP contribution in [0.3, 0.4) is 0 Å². The molecule has 0 radical (unpaired) electrons. The molecular formula is C16H23FN2O. The molecular weight excluding hydrogens is 255 g/mol. The Labute approximate surface area is 120 Å². The molecule has 2 rings (SSSR count). The lowest BCUT2D eigenvalue weighted by Crippen LogP contribution is -2.44. The summed E-state index contributed by atoms with van der Waals surface area (Å²) >= 11 is 0. The Kier molecular flexibility index (Phi) is 4.99. The minimum Gasteiger partial charge on any atom is -0.374 e. The van der Waals surface area contributed by atoms with Crippen molar-refractivity contribution in [2.24, 2.45) is 0 Å². The minimum absolute atomic E-state index is 0.0145. The minimum atomic E-state index is -0.318. The van der Waals surface area contributed by atoms with E-state index in [-0.39, 0.29) is 17.8 Å². The molecule has 1 amide bonds. The first-order chi connectivity index (χ1) is 9.56. The number of hydrogen-bond donors (Lipinski definition) is 2. The van der Waals surface area contributed by atoms with Gasteiger partial charge in [-0.15, -0.1) is 0 Å². The highest BCUT2D eigenvalue weighted by Gasteiger charge is 2.19. The van der Waals surface area contributed by atoms with E-state index in [9.17, 15) is 9.18 Å². The molecule has 110 valence electrons. The van der Waals surface area contributed by atoms with Crippen LogP contribution in [0.5, 0.6) is 0 Å². The van der Waals surface area contributed by atoms with Crippen LogP contribution in [0.2, 0.25) is 0 Å². The van der Waals surface area contributed by atoms with Crippen LogP contribution in [-0.2, 0) is 4.79 Å². The summed E-state index contributed by atoms with van der Waals surface area (Å²) in [6.07, 6.45) is 5.82. The first-order valence-corrected chi connectivity index (χ1v) is 7.39. The molecule has 1 aromatic rings. The number of carbonyl (C=O) groups excluding carboxylic acids is 1. The first kappa shape index (κ1) is 14.8. The molecule has 0 saturated heterocycles. The molecule has 2 N–H and O–H groups in total. The van der Waals surface area contributed by atoms with Gasteiger partial charge in [0.15, 0.2) is 0 Å². The number of anilines is 1. The van der Waals surface area contributed by atoms with Crippen molar-refractivity contribution in [1.82, 2.24) is 5.32 Å². The van der Waals surface area contributed by atoms with Gasteiger partial charge in [-0.05, 0) is 50.5 Å². The Morgan fingerprint density at radius 2 is 2.00 bits per heavy atom. The van der Waals surface area contributed by atoms with Gasteiger partial charge >= 0.3 is 0 Å². The van der Waals surface area contributed by atoms with Crippen molar-refractivity contribution in [3.63, 3.8) is 0 Å². The van der Waals surface area contributed by atoms with Crippen molar-refractivity contribution < 1.29 is 9.18 Å². The van der Waals surface area contributed by atoms with Crippen LogP contribution in [0, 0.1) is 12.7 Å². The Hall–Kier alpha value is -1.58. The molecule has 0 heterocycles. The number of benzene rings is 1. The van der Waals surface area contributed by atoms with E-state index < -0.39 is 0 Å². The number of rotatable bonds is 4. The summed E-state index contributed by atoms with van der Waals surface area (Å²) in [6, 6.07) is 4.54. The maximum Gasteiger partial charge on any atom is 0.242 e. The lowest BCUT2D eigenvalue weighted by molar-refractivity contribution is -0.122. The van der Waals surface area contributed by atoms with Crippen LogP contribution in [0.4, 0.5) is 10.1 Å². The summed E-state index contributed by atoms with van der Waals surface area (Å²) < 4.78 is 13.0. The van der Waals surface area contributed by atoms with Crippen molar-refractivity contribution in [3.8, 4) is 0 Å². The van der Waals surface area contributed by atoms with Crippen LogP contribution < -0.4 is 10.6 Å². The van der Waals surface area contributed by atoms with Crippen LogP contribution >= 0.6 is 0 Å². The fraction of sp³-hybridized carbons (Fsp3) is 0.562. The lowest BCUT2D eigenvalue weighted by Gasteiger charge is -2.25. The number of carbonyl (C=O) groups is 1. The Morgan fingerprint density at radius 1 is 1.30 bits per heavy atom. The third kappa shape index (κ3) is 3.95. The molecule has 3 nitrogen and oxygen atoms in total. The highest BCUT2D eigenvalue weighted by molar-refractivity contribution is 5.84. The number of halogens is 1. The second-order valence-electron chi connectivity index (χ2n) is 5.67. The molecule has 1 unspecified atom stereocenters. The average Bonchev–Trinajstić information content (AvgIpc) is 2.43. The van der Waals surface area contributed by atoms with E-state index in [1.54, 1.807) is 6.07 Å². The maximum absolute atomic E-state index is 13.0. The molecule has 20 heavy (non-hydrogen) atoms. The molecule has 0 aliphatic heterocycles. The number of hydrogen-bond acceptors (Lipinski definition) is 2. The Balaban J connectivity index is 1.89. The summed E-state index contributed by atoms with van der Waals surface area (Å²) in [7, 11) is 0. The predicted molar refractivity (Wildman–Crippen MR) is 79.2 cm³/mol. The molecule has 4 heteroatoms. The number of aryl methyl sites for hydroxylation is 1. The second kappa shape index (κ2) is 6.73. The van der Waals surface area contributed by atoms with Gasteiger partial charge in [0, 0.05) is 11.7 Å². The summed E-state index contributed by atoms with van der Waals surface area (Å²) in [5, 5.41) is 6.24. The fourth-order valence-corrected chi connectivity index (χ4v) is 2.66. The van der Waals surface area contributed by atoms with E-state index in [1.165, 1.54) is 31.4 Å². The molecule has 1 saturated carbocycles. The van der Waals surface area contributed by atoms with Crippen LogP contribution in [0.15, 0.2) is 18.2 Å². The predicted octanol–water partition coefficient (Wildman–Crippen LogP) is 3.38. The highest BCUT2D eigenvalue weighted by Crippen LogP contribution is 2.19. The molecule has 0 bridgehead atoms. The Morgan fingerprint density at radius 3 is 2.65 bits per heavy atom. The van der Waals surface area contributed by atoms with Crippen LogP contribution in [0.1, 0.15) is 44.6 Å². The molecule has 1 aliphatic rings. The third-order valence-electron chi connectivity index (χ3n) is 3.91. The highest BCUT2D eigenvalue weighted by atomic mass is 19.1. The largest absolute Gasteiger partial charge is 0.374 e. The SMILES string of the molecule is Cc1cc(F)ccc1NC(C)C(=O)NC1CCCCC1. The smallest absolute Gasteiger partial charge is 0.242 e.